The van der Waals surface area contributed by atoms with E-state index in [1.54, 1.807) is 11.3 Å². The number of aryl methyl sites for hydroxylation is 2. The largest absolute Gasteiger partial charge is 0.318 e. The number of rotatable bonds is 3. The molecule has 3 nitrogen and oxygen atoms in total. The maximum Gasteiger partial charge on any atom is 0.0831 e. The van der Waals surface area contributed by atoms with Crippen molar-refractivity contribution < 1.29 is 0 Å². The Labute approximate surface area is 104 Å². The second kappa shape index (κ2) is 4.57. The van der Waals surface area contributed by atoms with Crippen molar-refractivity contribution in [3.05, 3.63) is 38.8 Å². The highest BCUT2D eigenvalue weighted by Gasteiger charge is 2.18. The third kappa shape index (κ3) is 2.00. The first-order valence-corrected chi connectivity index (χ1v) is 6.40. The number of hydrogen-bond acceptors (Lipinski definition) is 3. The van der Waals surface area contributed by atoms with E-state index in [4.69, 9.17) is 17.3 Å². The fourth-order valence-electron chi connectivity index (χ4n) is 1.67. The van der Waals surface area contributed by atoms with Crippen molar-refractivity contribution in [2.45, 2.75) is 19.4 Å². The van der Waals surface area contributed by atoms with Gasteiger partial charge in [-0.15, -0.1) is 11.3 Å². The lowest BCUT2D eigenvalue weighted by molar-refractivity contribution is 0.670. The maximum absolute atomic E-state index is 6.20. The van der Waals surface area contributed by atoms with Gasteiger partial charge in [0.15, 0.2) is 0 Å². The molecule has 0 bridgehead atoms. The summed E-state index contributed by atoms with van der Waals surface area (Å²) in [4.78, 5) is 0.993. The van der Waals surface area contributed by atoms with Crippen molar-refractivity contribution >= 4 is 22.9 Å². The summed E-state index contributed by atoms with van der Waals surface area (Å²) in [7, 11) is 1.91. The Morgan fingerprint density at radius 2 is 2.38 bits per heavy atom. The van der Waals surface area contributed by atoms with Crippen LogP contribution < -0.4 is 5.73 Å². The monoisotopic (exact) mass is 255 g/mol. The Bertz CT molecular complexity index is 489. The normalized spacial score (nSPS) is 13.0. The van der Waals surface area contributed by atoms with Crippen molar-refractivity contribution in [2.75, 3.05) is 0 Å². The van der Waals surface area contributed by atoms with Crippen LogP contribution in [0.1, 0.15) is 29.2 Å². The second-order valence-electron chi connectivity index (χ2n) is 3.65. The van der Waals surface area contributed by atoms with Gasteiger partial charge in [-0.3, -0.25) is 4.68 Å². The highest BCUT2D eigenvalue weighted by atomic mass is 35.5. The summed E-state index contributed by atoms with van der Waals surface area (Å²) in [6, 6.07) is 3.73. The van der Waals surface area contributed by atoms with E-state index < -0.39 is 0 Å². The van der Waals surface area contributed by atoms with Gasteiger partial charge in [0.1, 0.15) is 0 Å². The molecule has 0 saturated carbocycles. The lowest BCUT2D eigenvalue weighted by Gasteiger charge is -2.10. The Balaban J connectivity index is 2.37. The van der Waals surface area contributed by atoms with E-state index in [0.29, 0.717) is 0 Å². The average molecular weight is 256 g/mol. The van der Waals surface area contributed by atoms with Crippen molar-refractivity contribution in [3.63, 3.8) is 0 Å². The predicted molar refractivity (Wildman–Crippen MR) is 67.9 cm³/mol. The summed E-state index contributed by atoms with van der Waals surface area (Å²) >= 11 is 7.66. The Morgan fingerprint density at radius 3 is 2.88 bits per heavy atom. The van der Waals surface area contributed by atoms with Gasteiger partial charge in [-0.1, -0.05) is 18.5 Å². The zero-order chi connectivity index (χ0) is 11.7. The van der Waals surface area contributed by atoms with Crippen LogP contribution in [0.4, 0.5) is 0 Å². The Kier molecular flexibility index (Phi) is 3.33. The molecule has 1 atom stereocenters. The number of nitrogens with two attached hydrogens (primary N) is 1. The molecule has 0 aliphatic carbocycles. The van der Waals surface area contributed by atoms with Gasteiger partial charge in [0.25, 0.3) is 0 Å². The quantitative estimate of drug-likeness (QED) is 0.917. The molecule has 2 heterocycles. The van der Waals surface area contributed by atoms with Gasteiger partial charge in [-0.05, 0) is 23.9 Å². The number of aromatic nitrogens is 2. The molecule has 0 spiro atoms. The highest BCUT2D eigenvalue weighted by molar-refractivity contribution is 7.10. The molecule has 2 rings (SSSR count). The molecule has 0 fully saturated rings. The molecule has 2 N–H and O–H groups in total. The predicted octanol–water partition coefficient (Wildman–Crippen LogP) is 2.75. The van der Waals surface area contributed by atoms with Crippen molar-refractivity contribution in [1.82, 2.24) is 9.78 Å². The molecule has 5 heteroatoms. The average Bonchev–Trinajstić information content (AvgIpc) is 2.83. The molecular weight excluding hydrogens is 242 g/mol. The summed E-state index contributed by atoms with van der Waals surface area (Å²) in [6.45, 7) is 2.08. The first-order chi connectivity index (χ1) is 7.63. The smallest absolute Gasteiger partial charge is 0.0831 e. The van der Waals surface area contributed by atoms with Crippen LogP contribution in [0.5, 0.6) is 0 Å². The van der Waals surface area contributed by atoms with Crippen LogP contribution in [-0.4, -0.2) is 9.78 Å². The first-order valence-electron chi connectivity index (χ1n) is 5.14. The van der Waals surface area contributed by atoms with Gasteiger partial charge in [0, 0.05) is 11.9 Å². The van der Waals surface area contributed by atoms with E-state index in [9.17, 15) is 0 Å². The van der Waals surface area contributed by atoms with Crippen LogP contribution in [0.2, 0.25) is 5.02 Å². The third-order valence-corrected chi connectivity index (χ3v) is 4.02. The van der Waals surface area contributed by atoms with E-state index in [1.165, 1.54) is 0 Å². The number of halogens is 1. The molecule has 0 aliphatic heterocycles. The molecule has 0 aliphatic rings. The van der Waals surface area contributed by atoms with E-state index >= 15 is 0 Å². The maximum atomic E-state index is 6.20. The van der Waals surface area contributed by atoms with Crippen molar-refractivity contribution in [3.8, 4) is 0 Å². The molecule has 86 valence electrons. The minimum atomic E-state index is -0.190. The van der Waals surface area contributed by atoms with E-state index in [-0.39, 0.29) is 6.04 Å². The molecule has 2 aromatic rings. The van der Waals surface area contributed by atoms with Gasteiger partial charge >= 0.3 is 0 Å². The zero-order valence-electron chi connectivity index (χ0n) is 9.27. The molecule has 0 aromatic carbocycles. The highest BCUT2D eigenvalue weighted by Crippen LogP contribution is 2.31. The fraction of sp³-hybridized carbons (Fsp3) is 0.364. The molecule has 16 heavy (non-hydrogen) atoms. The standard InChI is InChI=1S/C11H14ClN3S/c1-3-7-6-9(15(2)14-7)10(13)11-8(12)4-5-16-11/h4-6,10H,3,13H2,1-2H3. The van der Waals surface area contributed by atoms with E-state index in [0.717, 1.165) is 27.7 Å². The Hall–Kier alpha value is -0.840. The minimum absolute atomic E-state index is 0.190. The van der Waals surface area contributed by atoms with E-state index in [2.05, 4.69) is 12.0 Å². The van der Waals surface area contributed by atoms with Gasteiger partial charge in [0.05, 0.1) is 22.5 Å². The van der Waals surface area contributed by atoms with Crippen LogP contribution in [0.3, 0.4) is 0 Å². The number of thiophene rings is 1. The summed E-state index contributed by atoms with van der Waals surface area (Å²) < 4.78 is 1.83. The van der Waals surface area contributed by atoms with Gasteiger partial charge in [-0.25, -0.2) is 0 Å². The topological polar surface area (TPSA) is 43.8 Å². The number of hydrogen-bond donors (Lipinski definition) is 1. The molecular formula is C11H14ClN3S. The molecule has 0 radical (unpaired) electrons. The molecule has 0 amide bonds. The fourth-order valence-corrected chi connectivity index (χ4v) is 2.86. The molecule has 0 saturated heterocycles. The van der Waals surface area contributed by atoms with E-state index in [1.807, 2.05) is 29.2 Å². The summed E-state index contributed by atoms with van der Waals surface area (Å²) in [5, 5.41) is 7.07. The van der Waals surface area contributed by atoms with Gasteiger partial charge < -0.3 is 5.73 Å². The first kappa shape index (κ1) is 11.6. The number of nitrogens with zero attached hydrogens (tertiary/aromatic N) is 2. The van der Waals surface area contributed by atoms with Crippen molar-refractivity contribution in [1.29, 1.82) is 0 Å². The summed E-state index contributed by atoms with van der Waals surface area (Å²) in [5.74, 6) is 0. The summed E-state index contributed by atoms with van der Waals surface area (Å²) in [6.07, 6.45) is 0.915. The van der Waals surface area contributed by atoms with Crippen molar-refractivity contribution in [2.24, 2.45) is 12.8 Å². The van der Waals surface area contributed by atoms with Crippen LogP contribution in [0.25, 0.3) is 0 Å². The zero-order valence-corrected chi connectivity index (χ0v) is 10.8. The minimum Gasteiger partial charge on any atom is -0.318 e. The molecule has 1 unspecified atom stereocenters. The lowest BCUT2D eigenvalue weighted by atomic mass is 10.1. The SMILES string of the molecule is CCc1cc(C(N)c2sccc2Cl)n(C)n1. The van der Waals surface area contributed by atoms with Crippen LogP contribution in [0, 0.1) is 0 Å². The van der Waals surface area contributed by atoms with Gasteiger partial charge in [0.2, 0.25) is 0 Å². The second-order valence-corrected chi connectivity index (χ2v) is 5.00. The molecule has 2 aromatic heterocycles. The summed E-state index contributed by atoms with van der Waals surface area (Å²) in [5.41, 5.74) is 8.25. The lowest BCUT2D eigenvalue weighted by Crippen LogP contribution is -2.14. The van der Waals surface area contributed by atoms with Gasteiger partial charge in [-0.2, -0.15) is 5.10 Å². The van der Waals surface area contributed by atoms with Crippen LogP contribution in [0.15, 0.2) is 17.5 Å². The van der Waals surface area contributed by atoms with Crippen LogP contribution >= 0.6 is 22.9 Å². The van der Waals surface area contributed by atoms with Crippen LogP contribution in [-0.2, 0) is 13.5 Å². The third-order valence-electron chi connectivity index (χ3n) is 2.57. The Morgan fingerprint density at radius 1 is 1.62 bits per heavy atom.